The van der Waals surface area contributed by atoms with Gasteiger partial charge in [-0.2, -0.15) is 18.2 Å². The second kappa shape index (κ2) is 7.97. The number of carbonyl (C=O) groups is 1. The summed E-state index contributed by atoms with van der Waals surface area (Å²) in [6.07, 6.45) is -4.09. The third-order valence-corrected chi connectivity index (χ3v) is 5.98. The summed E-state index contributed by atoms with van der Waals surface area (Å²) in [5, 5.41) is 5.98. The van der Waals surface area contributed by atoms with Crippen molar-refractivity contribution < 1.29 is 26.9 Å². The van der Waals surface area contributed by atoms with Crippen molar-refractivity contribution in [3.8, 4) is 10.7 Å². The van der Waals surface area contributed by atoms with Gasteiger partial charge in [0.15, 0.2) is 0 Å². The molecule has 0 saturated heterocycles. The van der Waals surface area contributed by atoms with Crippen molar-refractivity contribution in [2.45, 2.75) is 19.1 Å². The maximum absolute atomic E-state index is 13.8. The molecule has 1 aromatic carbocycles. The lowest BCUT2D eigenvalue weighted by atomic mass is 10.1. The second-order valence-electron chi connectivity index (χ2n) is 6.59. The molecule has 0 atom stereocenters. The number of nitrogens with zero attached hydrogens (tertiary/aromatic N) is 3. The van der Waals surface area contributed by atoms with Crippen molar-refractivity contribution in [2.24, 2.45) is 0 Å². The first-order chi connectivity index (χ1) is 14.2. The van der Waals surface area contributed by atoms with Gasteiger partial charge >= 0.3 is 12.1 Å². The van der Waals surface area contributed by atoms with Crippen LogP contribution in [0.2, 0.25) is 5.02 Å². The standard InChI is InChI=1S/C18H13ClF4N4O2S/c19-10-2-1-3-11(20)15(10)24-14(28)8-27-5-4-12-9(7-27)6-13(30-12)16-25-17(29-26-16)18(21,22)23/h1-3,6H,4-5,7-8H2,(H,24,28). The van der Waals surface area contributed by atoms with Gasteiger partial charge in [-0.3, -0.25) is 9.69 Å². The van der Waals surface area contributed by atoms with E-state index in [2.05, 4.69) is 20.0 Å². The molecule has 158 valence electrons. The number of halogens is 5. The number of hydrogen-bond donors (Lipinski definition) is 1. The Morgan fingerprint density at radius 3 is 2.87 bits per heavy atom. The first-order valence-electron chi connectivity index (χ1n) is 8.70. The predicted octanol–water partition coefficient (Wildman–Crippen LogP) is 4.61. The molecule has 6 nitrogen and oxygen atoms in total. The van der Waals surface area contributed by atoms with Crippen LogP contribution in [0, 0.1) is 5.82 Å². The number of thiophene rings is 1. The fourth-order valence-corrected chi connectivity index (χ4v) is 4.37. The number of carbonyl (C=O) groups excluding carboxylic acids is 1. The molecule has 0 aliphatic carbocycles. The number of amides is 1. The molecule has 0 spiro atoms. The van der Waals surface area contributed by atoms with E-state index in [1.165, 1.54) is 29.5 Å². The van der Waals surface area contributed by atoms with Gasteiger partial charge in [0.25, 0.3) is 0 Å². The van der Waals surface area contributed by atoms with Crippen LogP contribution in [0.3, 0.4) is 0 Å². The van der Waals surface area contributed by atoms with Crippen LogP contribution in [0.25, 0.3) is 10.7 Å². The lowest BCUT2D eigenvalue weighted by Crippen LogP contribution is -2.36. The number of rotatable bonds is 4. The molecular formula is C18H13ClF4N4O2S. The van der Waals surface area contributed by atoms with E-state index in [0.717, 1.165) is 10.4 Å². The van der Waals surface area contributed by atoms with Gasteiger partial charge < -0.3 is 9.84 Å². The quantitative estimate of drug-likeness (QED) is 0.576. The summed E-state index contributed by atoms with van der Waals surface area (Å²) in [6.45, 7) is 0.982. The van der Waals surface area contributed by atoms with Crippen molar-refractivity contribution >= 4 is 34.5 Å². The molecule has 1 aliphatic rings. The molecule has 2 aromatic heterocycles. The summed E-state index contributed by atoms with van der Waals surface area (Å²) < 4.78 is 56.1. The fraction of sp³-hybridized carbons (Fsp3) is 0.278. The zero-order valence-electron chi connectivity index (χ0n) is 15.1. The Bertz CT molecular complexity index is 1080. The first kappa shape index (κ1) is 20.8. The summed E-state index contributed by atoms with van der Waals surface area (Å²) in [5.74, 6) is -2.57. The predicted molar refractivity (Wildman–Crippen MR) is 102 cm³/mol. The number of fused-ring (bicyclic) bond motifs is 1. The summed E-state index contributed by atoms with van der Waals surface area (Å²) in [5.41, 5.74) is 0.800. The van der Waals surface area contributed by atoms with E-state index in [4.69, 9.17) is 11.6 Å². The van der Waals surface area contributed by atoms with Crippen LogP contribution in [-0.4, -0.2) is 34.0 Å². The number of anilines is 1. The summed E-state index contributed by atoms with van der Waals surface area (Å²) in [7, 11) is 0. The zero-order valence-corrected chi connectivity index (χ0v) is 16.7. The maximum atomic E-state index is 13.8. The monoisotopic (exact) mass is 460 g/mol. The SMILES string of the molecule is O=C(CN1CCc2sc(-c3noc(C(F)(F)F)n3)cc2C1)Nc1c(F)cccc1Cl. The average molecular weight is 461 g/mol. The highest BCUT2D eigenvalue weighted by Gasteiger charge is 2.38. The van der Waals surface area contributed by atoms with Crippen LogP contribution < -0.4 is 5.32 Å². The van der Waals surface area contributed by atoms with Crippen molar-refractivity contribution in [1.82, 2.24) is 15.0 Å². The van der Waals surface area contributed by atoms with Crippen LogP contribution in [0.15, 0.2) is 28.8 Å². The molecule has 0 saturated carbocycles. The number of hydrogen-bond acceptors (Lipinski definition) is 6. The Hall–Kier alpha value is -2.50. The van der Waals surface area contributed by atoms with Crippen LogP contribution in [0.5, 0.6) is 0 Å². The zero-order chi connectivity index (χ0) is 21.5. The largest absolute Gasteiger partial charge is 0.471 e. The maximum Gasteiger partial charge on any atom is 0.471 e. The molecular weight excluding hydrogens is 448 g/mol. The fourth-order valence-electron chi connectivity index (χ4n) is 3.07. The van der Waals surface area contributed by atoms with E-state index in [0.29, 0.717) is 24.4 Å². The number of aromatic nitrogens is 2. The number of para-hydroxylation sites is 1. The molecule has 3 heterocycles. The minimum atomic E-state index is -4.70. The highest BCUT2D eigenvalue weighted by molar-refractivity contribution is 7.15. The molecule has 0 radical (unpaired) electrons. The minimum Gasteiger partial charge on any atom is -0.329 e. The van der Waals surface area contributed by atoms with Gasteiger partial charge in [0.2, 0.25) is 11.7 Å². The molecule has 3 aromatic rings. The molecule has 0 bridgehead atoms. The van der Waals surface area contributed by atoms with Crippen LogP contribution in [-0.2, 0) is 23.9 Å². The third-order valence-electron chi connectivity index (χ3n) is 4.43. The van der Waals surface area contributed by atoms with Gasteiger partial charge in [0.1, 0.15) is 5.82 Å². The van der Waals surface area contributed by atoms with E-state index in [1.807, 2.05) is 4.90 Å². The Kier molecular flexibility index (Phi) is 5.51. The van der Waals surface area contributed by atoms with Crippen LogP contribution in [0.4, 0.5) is 23.2 Å². The lowest BCUT2D eigenvalue weighted by Gasteiger charge is -2.26. The lowest BCUT2D eigenvalue weighted by molar-refractivity contribution is -0.159. The Morgan fingerprint density at radius 2 is 2.17 bits per heavy atom. The number of nitrogens with one attached hydrogen (secondary N) is 1. The Labute approximate surface area is 176 Å². The number of alkyl halides is 3. The second-order valence-corrected chi connectivity index (χ2v) is 8.13. The normalized spacial score (nSPS) is 14.6. The summed E-state index contributed by atoms with van der Waals surface area (Å²) in [6, 6.07) is 5.81. The molecule has 4 rings (SSSR count). The Balaban J connectivity index is 1.43. The topological polar surface area (TPSA) is 71.3 Å². The van der Waals surface area contributed by atoms with Crippen molar-refractivity contribution in [1.29, 1.82) is 0 Å². The van der Waals surface area contributed by atoms with E-state index in [9.17, 15) is 22.4 Å². The molecule has 12 heteroatoms. The van der Waals surface area contributed by atoms with Gasteiger partial charge in [0.05, 0.1) is 22.1 Å². The highest BCUT2D eigenvalue weighted by Crippen LogP contribution is 2.35. The summed E-state index contributed by atoms with van der Waals surface area (Å²) in [4.78, 5) is 19.0. The van der Waals surface area contributed by atoms with E-state index in [-0.39, 0.29) is 23.1 Å². The Morgan fingerprint density at radius 1 is 1.37 bits per heavy atom. The number of benzene rings is 1. The average Bonchev–Trinajstić information content (AvgIpc) is 3.31. The van der Waals surface area contributed by atoms with Crippen LogP contribution >= 0.6 is 22.9 Å². The van der Waals surface area contributed by atoms with Gasteiger partial charge in [-0.05, 0) is 30.2 Å². The van der Waals surface area contributed by atoms with Gasteiger partial charge in [-0.25, -0.2) is 4.39 Å². The molecule has 1 aliphatic heterocycles. The van der Waals surface area contributed by atoms with Crippen molar-refractivity contribution in [3.63, 3.8) is 0 Å². The first-order valence-corrected chi connectivity index (χ1v) is 9.89. The molecule has 1 amide bonds. The third kappa shape index (κ3) is 4.32. The molecule has 1 N–H and O–H groups in total. The van der Waals surface area contributed by atoms with E-state index in [1.54, 1.807) is 6.07 Å². The minimum absolute atomic E-state index is 0.00964. The van der Waals surface area contributed by atoms with Gasteiger partial charge in [-0.1, -0.05) is 22.8 Å². The van der Waals surface area contributed by atoms with Gasteiger partial charge in [-0.15, -0.1) is 11.3 Å². The summed E-state index contributed by atoms with van der Waals surface area (Å²) >= 11 is 7.21. The van der Waals surface area contributed by atoms with E-state index < -0.39 is 23.8 Å². The van der Waals surface area contributed by atoms with Crippen molar-refractivity contribution in [2.75, 3.05) is 18.4 Å². The van der Waals surface area contributed by atoms with Crippen molar-refractivity contribution in [3.05, 3.63) is 51.4 Å². The smallest absolute Gasteiger partial charge is 0.329 e. The molecule has 30 heavy (non-hydrogen) atoms. The highest BCUT2D eigenvalue weighted by atomic mass is 35.5. The molecule has 0 fully saturated rings. The van der Waals surface area contributed by atoms with E-state index >= 15 is 0 Å². The van der Waals surface area contributed by atoms with Gasteiger partial charge in [0, 0.05) is 18.0 Å². The molecule has 0 unspecified atom stereocenters. The van der Waals surface area contributed by atoms with Crippen LogP contribution in [0.1, 0.15) is 16.3 Å².